The molecule has 184 valence electrons. The van der Waals surface area contributed by atoms with Crippen molar-refractivity contribution in [1.29, 1.82) is 0 Å². The van der Waals surface area contributed by atoms with E-state index in [2.05, 4.69) is 10.2 Å². The third-order valence-electron chi connectivity index (χ3n) is 6.26. The molecule has 4 rings (SSSR count). The molecule has 0 radical (unpaired) electrons. The van der Waals surface area contributed by atoms with Gasteiger partial charge < -0.3 is 14.4 Å². The molecule has 10 nitrogen and oxygen atoms in total. The fraction of sp³-hybridized carbons (Fsp3) is 0.583. The predicted octanol–water partition coefficient (Wildman–Crippen LogP) is 1.64. The number of imidazole rings is 1. The van der Waals surface area contributed by atoms with Gasteiger partial charge in [0.1, 0.15) is 18.2 Å². The van der Waals surface area contributed by atoms with Crippen molar-refractivity contribution in [2.45, 2.75) is 64.2 Å². The molecule has 2 saturated heterocycles. The molecule has 10 heteroatoms. The molecule has 1 N–H and O–H groups in total. The smallest absolute Gasteiger partial charge is 0.332 e. The third kappa shape index (κ3) is 5.01. The molecule has 3 heterocycles. The fourth-order valence-electron chi connectivity index (χ4n) is 4.62. The van der Waals surface area contributed by atoms with E-state index >= 15 is 0 Å². The lowest BCUT2D eigenvalue weighted by molar-refractivity contribution is -0.162. The van der Waals surface area contributed by atoms with Gasteiger partial charge in [0.2, 0.25) is 11.8 Å². The standard InChI is InChI=1S/C24H32N4O6/c1-24(2,3)34-21(30)14-33-16-9-11-27(12-10-16)15-5-6-17-19(13-15)26(4)23(32)28(17)18-7-8-20(29)25-22(18)31/h5-6,13,16,18H,7-12,14H2,1-4H3,(H,25,29,31). The molecule has 2 aliphatic heterocycles. The van der Waals surface area contributed by atoms with Crippen LogP contribution in [-0.2, 0) is 30.9 Å². The van der Waals surface area contributed by atoms with E-state index in [1.807, 2.05) is 39.0 Å². The van der Waals surface area contributed by atoms with Crippen molar-refractivity contribution in [3.8, 4) is 0 Å². The number of aryl methyl sites for hydroxylation is 1. The minimum atomic E-state index is -0.697. The normalized spacial score (nSPS) is 20.0. The number of hydrogen-bond acceptors (Lipinski definition) is 7. The number of benzene rings is 1. The molecular weight excluding hydrogens is 440 g/mol. The molecule has 0 bridgehead atoms. The highest BCUT2D eigenvalue weighted by molar-refractivity contribution is 6.00. The van der Waals surface area contributed by atoms with E-state index in [-0.39, 0.29) is 36.7 Å². The highest BCUT2D eigenvalue weighted by atomic mass is 16.6. The van der Waals surface area contributed by atoms with Crippen molar-refractivity contribution in [1.82, 2.24) is 14.5 Å². The van der Waals surface area contributed by atoms with Crippen LogP contribution in [0.3, 0.4) is 0 Å². The minimum absolute atomic E-state index is 0.00883. The zero-order valence-corrected chi connectivity index (χ0v) is 20.1. The van der Waals surface area contributed by atoms with E-state index in [9.17, 15) is 19.2 Å². The number of hydrogen-bond donors (Lipinski definition) is 1. The Kier molecular flexibility index (Phi) is 6.53. The van der Waals surface area contributed by atoms with E-state index in [1.165, 1.54) is 4.57 Å². The number of piperidine rings is 2. The number of imide groups is 1. The molecule has 2 amide bonds. The molecule has 1 atom stereocenters. The van der Waals surface area contributed by atoms with Gasteiger partial charge in [0, 0.05) is 32.2 Å². The number of ether oxygens (including phenoxy) is 2. The van der Waals surface area contributed by atoms with Gasteiger partial charge in [0.15, 0.2) is 0 Å². The van der Waals surface area contributed by atoms with Crippen molar-refractivity contribution >= 4 is 34.5 Å². The van der Waals surface area contributed by atoms with Crippen molar-refractivity contribution in [2.24, 2.45) is 7.05 Å². The van der Waals surface area contributed by atoms with Gasteiger partial charge >= 0.3 is 11.7 Å². The van der Waals surface area contributed by atoms with Crippen LogP contribution in [0.15, 0.2) is 23.0 Å². The highest BCUT2D eigenvalue weighted by Crippen LogP contribution is 2.28. The molecule has 34 heavy (non-hydrogen) atoms. The maximum atomic E-state index is 13.0. The number of rotatable bonds is 5. The molecule has 2 aliphatic rings. The number of nitrogens with zero attached hydrogens (tertiary/aromatic N) is 3. The first-order chi connectivity index (χ1) is 16.0. The SMILES string of the molecule is Cn1c(=O)n(C2CCC(=O)NC2=O)c2ccc(N3CCC(OCC(=O)OC(C)(C)C)CC3)cc21. The molecular formula is C24H32N4O6. The second kappa shape index (κ2) is 9.25. The van der Waals surface area contributed by atoms with Crippen LogP contribution in [-0.4, -0.2) is 58.3 Å². The second-order valence-corrected chi connectivity index (χ2v) is 9.94. The fourth-order valence-corrected chi connectivity index (χ4v) is 4.62. The number of carbonyl (C=O) groups is 3. The van der Waals surface area contributed by atoms with E-state index in [1.54, 1.807) is 11.6 Å². The number of fused-ring (bicyclic) bond motifs is 1. The summed E-state index contributed by atoms with van der Waals surface area (Å²) in [7, 11) is 1.69. The van der Waals surface area contributed by atoms with E-state index in [0.717, 1.165) is 37.1 Å². The zero-order chi connectivity index (χ0) is 24.6. The molecule has 0 saturated carbocycles. The summed E-state index contributed by atoms with van der Waals surface area (Å²) in [5.41, 5.74) is 1.57. The van der Waals surface area contributed by atoms with Gasteiger partial charge in [-0.05, 0) is 58.2 Å². The minimum Gasteiger partial charge on any atom is -0.458 e. The lowest BCUT2D eigenvalue weighted by Crippen LogP contribution is -2.44. The number of carbonyl (C=O) groups excluding carboxylic acids is 3. The van der Waals surface area contributed by atoms with Gasteiger partial charge in [-0.25, -0.2) is 9.59 Å². The Morgan fingerprint density at radius 3 is 2.44 bits per heavy atom. The largest absolute Gasteiger partial charge is 0.458 e. The van der Waals surface area contributed by atoms with Crippen LogP contribution in [0.1, 0.15) is 52.5 Å². The lowest BCUT2D eigenvalue weighted by atomic mass is 10.1. The summed E-state index contributed by atoms with van der Waals surface area (Å²) in [6, 6.07) is 5.08. The number of aromatic nitrogens is 2. The monoisotopic (exact) mass is 472 g/mol. The number of amides is 2. The van der Waals surface area contributed by atoms with Crippen LogP contribution in [0.4, 0.5) is 5.69 Å². The van der Waals surface area contributed by atoms with E-state index in [0.29, 0.717) is 11.9 Å². The van der Waals surface area contributed by atoms with Crippen LogP contribution < -0.4 is 15.9 Å². The maximum absolute atomic E-state index is 13.0. The summed E-state index contributed by atoms with van der Waals surface area (Å²) >= 11 is 0. The Morgan fingerprint density at radius 1 is 1.09 bits per heavy atom. The van der Waals surface area contributed by atoms with Crippen LogP contribution in [0.2, 0.25) is 0 Å². The Hall–Kier alpha value is -3.14. The lowest BCUT2D eigenvalue weighted by Gasteiger charge is -2.33. The van der Waals surface area contributed by atoms with Gasteiger partial charge in [-0.2, -0.15) is 0 Å². The van der Waals surface area contributed by atoms with E-state index in [4.69, 9.17) is 9.47 Å². The van der Waals surface area contributed by atoms with Gasteiger partial charge in [-0.3, -0.25) is 24.0 Å². The number of esters is 1. The average Bonchev–Trinajstić information content (AvgIpc) is 3.01. The van der Waals surface area contributed by atoms with Crippen LogP contribution >= 0.6 is 0 Å². The first kappa shape index (κ1) is 24.0. The van der Waals surface area contributed by atoms with Gasteiger partial charge in [0.05, 0.1) is 17.1 Å². The topological polar surface area (TPSA) is 112 Å². The summed E-state index contributed by atoms with van der Waals surface area (Å²) in [5.74, 6) is -1.11. The second-order valence-electron chi connectivity index (χ2n) is 9.94. The Morgan fingerprint density at radius 2 is 1.79 bits per heavy atom. The molecule has 2 aromatic rings. The summed E-state index contributed by atoms with van der Waals surface area (Å²) in [4.78, 5) is 51.0. The molecule has 1 unspecified atom stereocenters. The Balaban J connectivity index is 1.44. The maximum Gasteiger partial charge on any atom is 0.332 e. The van der Waals surface area contributed by atoms with Gasteiger partial charge in [-0.15, -0.1) is 0 Å². The van der Waals surface area contributed by atoms with Crippen molar-refractivity contribution in [3.05, 3.63) is 28.7 Å². The Labute approximate surface area is 197 Å². The van der Waals surface area contributed by atoms with Crippen LogP contribution in [0, 0.1) is 0 Å². The van der Waals surface area contributed by atoms with Gasteiger partial charge in [0.25, 0.3) is 0 Å². The summed E-state index contributed by atoms with van der Waals surface area (Å²) in [6.07, 6.45) is 2.06. The first-order valence-electron chi connectivity index (χ1n) is 11.7. The number of anilines is 1. The van der Waals surface area contributed by atoms with E-state index < -0.39 is 17.6 Å². The first-order valence-corrected chi connectivity index (χ1v) is 11.7. The highest BCUT2D eigenvalue weighted by Gasteiger charge is 2.31. The van der Waals surface area contributed by atoms with Crippen LogP contribution in [0.5, 0.6) is 0 Å². The average molecular weight is 473 g/mol. The molecule has 1 aromatic carbocycles. The predicted molar refractivity (Wildman–Crippen MR) is 126 cm³/mol. The quantitative estimate of drug-likeness (QED) is 0.520. The summed E-state index contributed by atoms with van der Waals surface area (Å²) in [5, 5.41) is 2.33. The van der Waals surface area contributed by atoms with Gasteiger partial charge in [-0.1, -0.05) is 0 Å². The van der Waals surface area contributed by atoms with Crippen LogP contribution in [0.25, 0.3) is 11.0 Å². The zero-order valence-electron chi connectivity index (χ0n) is 20.1. The Bertz CT molecular complexity index is 1170. The molecule has 0 aliphatic carbocycles. The van der Waals surface area contributed by atoms with Crippen molar-refractivity contribution in [3.63, 3.8) is 0 Å². The number of nitrogens with one attached hydrogen (secondary N) is 1. The molecule has 2 fully saturated rings. The van der Waals surface area contributed by atoms with Crippen molar-refractivity contribution in [2.75, 3.05) is 24.6 Å². The molecule has 0 spiro atoms. The molecule has 1 aromatic heterocycles. The third-order valence-corrected chi connectivity index (χ3v) is 6.26. The van der Waals surface area contributed by atoms with Crippen molar-refractivity contribution < 1.29 is 23.9 Å². The summed E-state index contributed by atoms with van der Waals surface area (Å²) < 4.78 is 14.1. The summed E-state index contributed by atoms with van der Waals surface area (Å²) in [6.45, 7) is 6.95.